The third-order valence-corrected chi connectivity index (χ3v) is 5.87. The Morgan fingerprint density at radius 2 is 1.74 bits per heavy atom. The summed E-state index contributed by atoms with van der Waals surface area (Å²) in [5.74, 6) is 0.0937. The zero-order chi connectivity index (χ0) is 20.2. The number of aryl methyl sites for hydroxylation is 1. The zero-order valence-corrected chi connectivity index (χ0v) is 17.0. The molecule has 2 aromatic carbocycles. The summed E-state index contributed by atoms with van der Waals surface area (Å²) in [6.45, 7) is 1.38. The number of amides is 1. The van der Waals surface area contributed by atoms with E-state index >= 15 is 0 Å². The van der Waals surface area contributed by atoms with Crippen molar-refractivity contribution in [3.8, 4) is 11.5 Å². The van der Waals surface area contributed by atoms with E-state index in [-0.39, 0.29) is 10.6 Å². The van der Waals surface area contributed by atoms with Crippen LogP contribution in [0, 0.1) is 6.92 Å². The van der Waals surface area contributed by atoms with E-state index in [4.69, 9.17) is 21.1 Å². The standard InChI is InChI=1S/C18H21ClN2O5S/c1-12-5-7-16(26-4)17(9-12)27(23,24)21(2)11-18(22)20-14-10-13(19)6-8-15(14)25-3/h5-10H,11H2,1-4H3,(H,20,22). The maximum atomic E-state index is 12.8. The van der Waals surface area contributed by atoms with E-state index in [1.165, 1.54) is 33.4 Å². The molecule has 0 saturated carbocycles. The molecule has 0 unspecified atom stereocenters. The summed E-state index contributed by atoms with van der Waals surface area (Å²) in [6.07, 6.45) is 0. The Balaban J connectivity index is 2.21. The molecule has 2 aromatic rings. The number of carbonyl (C=O) groups excluding carboxylic acids is 1. The molecule has 0 aliphatic rings. The maximum Gasteiger partial charge on any atom is 0.246 e. The zero-order valence-electron chi connectivity index (χ0n) is 15.4. The molecule has 0 aliphatic carbocycles. The number of halogens is 1. The number of hydrogen-bond acceptors (Lipinski definition) is 5. The van der Waals surface area contributed by atoms with Gasteiger partial charge >= 0.3 is 0 Å². The van der Waals surface area contributed by atoms with Gasteiger partial charge in [0.15, 0.2) is 0 Å². The lowest BCUT2D eigenvalue weighted by Crippen LogP contribution is -2.35. The number of methoxy groups -OCH3 is 2. The molecule has 0 radical (unpaired) electrons. The Morgan fingerprint density at radius 1 is 1.11 bits per heavy atom. The topological polar surface area (TPSA) is 84.9 Å². The Labute approximate surface area is 163 Å². The monoisotopic (exact) mass is 412 g/mol. The van der Waals surface area contributed by atoms with Gasteiger partial charge in [-0.1, -0.05) is 17.7 Å². The predicted octanol–water partition coefficient (Wildman–Crippen LogP) is 2.92. The second kappa shape index (κ2) is 8.60. The van der Waals surface area contributed by atoms with Gasteiger partial charge < -0.3 is 14.8 Å². The summed E-state index contributed by atoms with van der Waals surface area (Å²) in [7, 11) is 0.249. The molecule has 0 aliphatic heterocycles. The summed E-state index contributed by atoms with van der Waals surface area (Å²) in [6, 6.07) is 9.58. The highest BCUT2D eigenvalue weighted by atomic mass is 35.5. The first-order chi connectivity index (χ1) is 12.7. The van der Waals surface area contributed by atoms with Gasteiger partial charge in [-0.15, -0.1) is 0 Å². The molecule has 9 heteroatoms. The number of sulfonamides is 1. The van der Waals surface area contributed by atoms with Crippen molar-refractivity contribution in [2.75, 3.05) is 33.1 Å². The van der Waals surface area contributed by atoms with Crippen LogP contribution in [0.25, 0.3) is 0 Å². The van der Waals surface area contributed by atoms with Crippen molar-refractivity contribution in [3.63, 3.8) is 0 Å². The van der Waals surface area contributed by atoms with Crippen molar-refractivity contribution in [3.05, 3.63) is 47.0 Å². The molecule has 0 saturated heterocycles. The Hall–Kier alpha value is -2.29. The van der Waals surface area contributed by atoms with Crippen molar-refractivity contribution < 1.29 is 22.7 Å². The van der Waals surface area contributed by atoms with Crippen molar-refractivity contribution in [1.82, 2.24) is 4.31 Å². The fourth-order valence-corrected chi connectivity index (χ4v) is 3.94. The van der Waals surface area contributed by atoms with Crippen LogP contribution in [0.4, 0.5) is 5.69 Å². The lowest BCUT2D eigenvalue weighted by atomic mass is 10.2. The molecule has 1 N–H and O–H groups in total. The molecule has 27 heavy (non-hydrogen) atoms. The minimum Gasteiger partial charge on any atom is -0.495 e. The Morgan fingerprint density at radius 3 is 2.37 bits per heavy atom. The first kappa shape index (κ1) is 21.0. The van der Waals surface area contributed by atoms with Gasteiger partial charge in [0.05, 0.1) is 26.5 Å². The van der Waals surface area contributed by atoms with Crippen LogP contribution in [0.2, 0.25) is 5.02 Å². The van der Waals surface area contributed by atoms with Crippen LogP contribution in [0.15, 0.2) is 41.3 Å². The van der Waals surface area contributed by atoms with Gasteiger partial charge in [-0.2, -0.15) is 4.31 Å². The highest BCUT2D eigenvalue weighted by molar-refractivity contribution is 7.89. The predicted molar refractivity (Wildman–Crippen MR) is 104 cm³/mol. The summed E-state index contributed by atoms with van der Waals surface area (Å²) >= 11 is 5.94. The summed E-state index contributed by atoms with van der Waals surface area (Å²) in [5.41, 5.74) is 1.12. The molecule has 7 nitrogen and oxygen atoms in total. The number of nitrogens with zero attached hydrogens (tertiary/aromatic N) is 1. The van der Waals surface area contributed by atoms with Gasteiger partial charge in [0.1, 0.15) is 16.4 Å². The third-order valence-electron chi connectivity index (χ3n) is 3.81. The van der Waals surface area contributed by atoms with Gasteiger partial charge in [-0.25, -0.2) is 8.42 Å². The van der Waals surface area contributed by atoms with Crippen LogP contribution < -0.4 is 14.8 Å². The van der Waals surface area contributed by atoms with Gasteiger partial charge in [-0.05, 0) is 42.8 Å². The van der Waals surface area contributed by atoms with Crippen LogP contribution in [-0.4, -0.2) is 46.4 Å². The number of anilines is 1. The van der Waals surface area contributed by atoms with Crippen LogP contribution in [0.1, 0.15) is 5.56 Å². The fraction of sp³-hybridized carbons (Fsp3) is 0.278. The summed E-state index contributed by atoms with van der Waals surface area (Å²) in [5, 5.41) is 3.02. The average Bonchev–Trinajstić information content (AvgIpc) is 2.61. The number of hydrogen-bond donors (Lipinski definition) is 1. The van der Waals surface area contributed by atoms with Crippen LogP contribution in [0.3, 0.4) is 0 Å². The minimum absolute atomic E-state index is 0.000589. The maximum absolute atomic E-state index is 12.8. The summed E-state index contributed by atoms with van der Waals surface area (Å²) < 4.78 is 37.0. The quantitative estimate of drug-likeness (QED) is 0.755. The molecule has 0 spiro atoms. The number of nitrogens with one attached hydrogen (secondary N) is 1. The van der Waals surface area contributed by atoms with Crippen LogP contribution >= 0.6 is 11.6 Å². The smallest absolute Gasteiger partial charge is 0.246 e. The van der Waals surface area contributed by atoms with E-state index in [0.717, 1.165) is 9.87 Å². The van der Waals surface area contributed by atoms with E-state index in [1.807, 2.05) is 0 Å². The Bertz CT molecular complexity index is 947. The normalized spacial score (nSPS) is 11.3. The van der Waals surface area contributed by atoms with Gasteiger partial charge in [0, 0.05) is 12.1 Å². The second-order valence-corrected chi connectivity index (χ2v) is 8.26. The largest absolute Gasteiger partial charge is 0.495 e. The van der Waals surface area contributed by atoms with E-state index in [9.17, 15) is 13.2 Å². The van der Waals surface area contributed by atoms with Gasteiger partial charge in [0.25, 0.3) is 0 Å². The van der Waals surface area contributed by atoms with E-state index in [0.29, 0.717) is 16.5 Å². The molecule has 146 valence electrons. The van der Waals surface area contributed by atoms with Crippen molar-refractivity contribution in [1.29, 1.82) is 0 Å². The SMILES string of the molecule is COc1ccc(Cl)cc1NC(=O)CN(C)S(=O)(=O)c1cc(C)ccc1OC. The lowest BCUT2D eigenvalue weighted by Gasteiger charge is -2.19. The van der Waals surface area contributed by atoms with Crippen molar-refractivity contribution in [2.45, 2.75) is 11.8 Å². The molecule has 0 bridgehead atoms. The number of benzene rings is 2. The number of carbonyl (C=O) groups is 1. The molecule has 0 fully saturated rings. The fourth-order valence-electron chi connectivity index (χ4n) is 2.41. The average molecular weight is 413 g/mol. The van der Waals surface area contributed by atoms with E-state index in [1.54, 1.807) is 31.2 Å². The van der Waals surface area contributed by atoms with Crippen molar-refractivity contribution in [2.24, 2.45) is 0 Å². The van der Waals surface area contributed by atoms with Gasteiger partial charge in [0.2, 0.25) is 15.9 Å². The molecule has 2 rings (SSSR count). The second-order valence-electron chi connectivity index (χ2n) is 5.81. The van der Waals surface area contributed by atoms with Crippen molar-refractivity contribution >= 4 is 33.2 Å². The van der Waals surface area contributed by atoms with E-state index in [2.05, 4.69) is 5.32 Å². The first-order valence-corrected chi connectivity index (χ1v) is 9.75. The number of likely N-dealkylation sites (N-methyl/N-ethyl adjacent to an activating group) is 1. The molecule has 0 heterocycles. The van der Waals surface area contributed by atoms with Gasteiger partial charge in [-0.3, -0.25) is 4.79 Å². The first-order valence-electron chi connectivity index (χ1n) is 7.93. The van der Waals surface area contributed by atoms with E-state index < -0.39 is 22.5 Å². The molecule has 0 atom stereocenters. The lowest BCUT2D eigenvalue weighted by molar-refractivity contribution is -0.116. The highest BCUT2D eigenvalue weighted by Crippen LogP contribution is 2.29. The molecule has 1 amide bonds. The number of rotatable bonds is 7. The molecule has 0 aromatic heterocycles. The van der Waals surface area contributed by atoms with Crippen LogP contribution in [0.5, 0.6) is 11.5 Å². The third kappa shape index (κ3) is 4.91. The number of ether oxygens (including phenoxy) is 2. The molecular weight excluding hydrogens is 392 g/mol. The minimum atomic E-state index is -3.93. The molecular formula is C18H21ClN2O5S. The Kier molecular flexibility index (Phi) is 6.69. The summed E-state index contributed by atoms with van der Waals surface area (Å²) in [4.78, 5) is 12.4. The highest BCUT2D eigenvalue weighted by Gasteiger charge is 2.27. The van der Waals surface area contributed by atoms with Crippen LogP contribution in [-0.2, 0) is 14.8 Å².